The predicted molar refractivity (Wildman–Crippen MR) is 108 cm³/mol. The van der Waals surface area contributed by atoms with Gasteiger partial charge in [-0.25, -0.2) is 22.0 Å². The average Bonchev–Trinajstić information content (AvgIpc) is 2.96. The average molecular weight is 465 g/mol. The van der Waals surface area contributed by atoms with Crippen molar-refractivity contribution in [1.29, 1.82) is 0 Å². The van der Waals surface area contributed by atoms with Crippen LogP contribution in [0.1, 0.15) is 32.1 Å². The minimum Gasteiger partial charge on any atom is -0.344 e. The number of ketones is 1. The lowest BCUT2D eigenvalue weighted by Gasteiger charge is -2.07. The van der Waals surface area contributed by atoms with Crippen LogP contribution in [0.4, 0.5) is 33.3 Å². The first-order chi connectivity index (χ1) is 15.4. The second kappa shape index (κ2) is 8.85. The molecule has 33 heavy (non-hydrogen) atoms. The number of nitrogens with zero attached hydrogens (tertiary/aromatic N) is 1. The lowest BCUT2D eigenvalue weighted by atomic mass is 10.1. The molecule has 0 bridgehead atoms. The number of hydrogen-bond acceptors (Lipinski definition) is 3. The molecule has 1 aromatic heterocycles. The molecule has 1 heterocycles. The molecule has 0 unspecified atom stereocenters. The van der Waals surface area contributed by atoms with E-state index in [-0.39, 0.29) is 33.9 Å². The van der Waals surface area contributed by atoms with Crippen molar-refractivity contribution in [3.8, 4) is 0 Å². The molecule has 0 spiro atoms. The monoisotopic (exact) mass is 465 g/mol. The van der Waals surface area contributed by atoms with Crippen LogP contribution >= 0.6 is 0 Å². The van der Waals surface area contributed by atoms with Crippen LogP contribution in [0.25, 0.3) is 0 Å². The van der Waals surface area contributed by atoms with Gasteiger partial charge >= 0.3 is 0 Å². The third-order valence-electron chi connectivity index (χ3n) is 5.00. The molecular formula is C22H16F5N3O3. The third-order valence-corrected chi connectivity index (χ3v) is 5.00. The second-order valence-corrected chi connectivity index (χ2v) is 7.11. The Bertz CT molecular complexity index is 1290. The third kappa shape index (κ3) is 4.47. The van der Waals surface area contributed by atoms with E-state index < -0.39 is 46.7 Å². The van der Waals surface area contributed by atoms with Gasteiger partial charge in [0.1, 0.15) is 0 Å². The van der Waals surface area contributed by atoms with E-state index in [4.69, 9.17) is 0 Å². The number of Topliss-reactive ketones (excluding diaryl/α,β-unsaturated/α-hetero) is 1. The van der Waals surface area contributed by atoms with Crippen molar-refractivity contribution in [2.45, 2.75) is 13.8 Å². The molecule has 0 saturated heterocycles. The van der Waals surface area contributed by atoms with Crippen molar-refractivity contribution in [3.63, 3.8) is 0 Å². The van der Waals surface area contributed by atoms with Crippen molar-refractivity contribution in [2.24, 2.45) is 7.05 Å². The predicted octanol–water partition coefficient (Wildman–Crippen LogP) is 4.41. The van der Waals surface area contributed by atoms with Gasteiger partial charge in [-0.2, -0.15) is 0 Å². The second-order valence-electron chi connectivity index (χ2n) is 7.11. The Hall–Kier alpha value is -4.02. The fraction of sp³-hybridized carbons (Fsp3) is 0.136. The van der Waals surface area contributed by atoms with Crippen LogP contribution < -0.4 is 10.6 Å². The van der Waals surface area contributed by atoms with Crippen LogP contribution in [0.15, 0.2) is 30.3 Å². The Labute approximate surface area is 184 Å². The van der Waals surface area contributed by atoms with Crippen LogP contribution in [0.3, 0.4) is 0 Å². The summed E-state index contributed by atoms with van der Waals surface area (Å²) in [6.07, 6.45) is 0. The van der Waals surface area contributed by atoms with Gasteiger partial charge in [-0.05, 0) is 31.5 Å². The minimum absolute atomic E-state index is 0.0494. The van der Waals surface area contributed by atoms with E-state index in [1.807, 2.05) is 0 Å². The van der Waals surface area contributed by atoms with E-state index in [9.17, 15) is 36.3 Å². The van der Waals surface area contributed by atoms with E-state index in [1.54, 1.807) is 0 Å². The number of amides is 2. The summed E-state index contributed by atoms with van der Waals surface area (Å²) in [5.41, 5.74) is -0.406. The lowest BCUT2D eigenvalue weighted by Crippen LogP contribution is -2.25. The number of aromatic nitrogens is 1. The number of rotatable bonds is 5. The molecule has 0 aliphatic heterocycles. The molecule has 172 valence electrons. The highest BCUT2D eigenvalue weighted by Gasteiger charge is 2.29. The van der Waals surface area contributed by atoms with Crippen LogP contribution in [-0.4, -0.2) is 22.2 Å². The van der Waals surface area contributed by atoms with Crippen molar-refractivity contribution in [2.75, 3.05) is 10.6 Å². The minimum atomic E-state index is -1.69. The molecule has 3 aromatic rings. The van der Waals surface area contributed by atoms with Crippen molar-refractivity contribution in [1.82, 2.24) is 4.57 Å². The Morgan fingerprint density at radius 2 is 1.36 bits per heavy atom. The van der Waals surface area contributed by atoms with Gasteiger partial charge in [-0.15, -0.1) is 0 Å². The number of halogens is 5. The van der Waals surface area contributed by atoms with E-state index in [2.05, 4.69) is 10.6 Å². The SMILES string of the molecule is Cc1c(C(=O)Nc2cc(F)c(F)c(F)c2)c(C)n(C)c1C(=O)C(=O)Nc1ccc(F)c(F)c1. The lowest BCUT2D eigenvalue weighted by molar-refractivity contribution is -0.112. The maximum Gasteiger partial charge on any atom is 0.298 e. The Kier molecular flexibility index (Phi) is 6.34. The number of hydrogen-bond donors (Lipinski definition) is 2. The first kappa shape index (κ1) is 23.6. The maximum atomic E-state index is 13.4. The zero-order chi connectivity index (χ0) is 24.6. The molecule has 0 fully saturated rings. The normalized spacial score (nSPS) is 10.8. The van der Waals surface area contributed by atoms with Crippen molar-refractivity contribution < 1.29 is 36.3 Å². The molecule has 2 N–H and O–H groups in total. The quantitative estimate of drug-likeness (QED) is 0.254. The number of carbonyl (C=O) groups is 3. The van der Waals surface area contributed by atoms with Gasteiger partial charge in [0, 0.05) is 42.3 Å². The summed E-state index contributed by atoms with van der Waals surface area (Å²) in [4.78, 5) is 37.9. The summed E-state index contributed by atoms with van der Waals surface area (Å²) in [6.45, 7) is 2.85. The largest absolute Gasteiger partial charge is 0.344 e. The molecule has 0 atom stereocenters. The summed E-state index contributed by atoms with van der Waals surface area (Å²) in [6, 6.07) is 3.71. The summed E-state index contributed by atoms with van der Waals surface area (Å²) in [5, 5.41) is 4.37. The zero-order valence-electron chi connectivity index (χ0n) is 17.4. The molecule has 3 rings (SSSR count). The Morgan fingerprint density at radius 1 is 0.788 bits per heavy atom. The summed E-state index contributed by atoms with van der Waals surface area (Å²) in [7, 11) is 1.41. The fourth-order valence-corrected chi connectivity index (χ4v) is 3.32. The van der Waals surface area contributed by atoms with Gasteiger partial charge in [0.2, 0.25) is 0 Å². The van der Waals surface area contributed by atoms with Gasteiger partial charge in [0.05, 0.1) is 11.3 Å². The highest BCUT2D eigenvalue weighted by molar-refractivity contribution is 6.46. The standard InChI is InChI=1S/C22H16F5N3O3/c1-9-17(21(32)29-12-7-15(25)18(27)16(26)8-12)10(2)30(3)19(9)20(31)22(33)28-11-4-5-13(23)14(24)6-11/h4-8H,1-3H3,(H,28,33)(H,29,32). The first-order valence-corrected chi connectivity index (χ1v) is 9.34. The van der Waals surface area contributed by atoms with Gasteiger partial charge in [0.15, 0.2) is 29.1 Å². The number of nitrogens with one attached hydrogen (secondary N) is 2. The molecule has 2 aromatic carbocycles. The van der Waals surface area contributed by atoms with Crippen LogP contribution in [0.5, 0.6) is 0 Å². The molecule has 6 nitrogen and oxygen atoms in total. The molecule has 0 saturated carbocycles. The van der Waals surface area contributed by atoms with Gasteiger partial charge in [-0.1, -0.05) is 0 Å². The highest BCUT2D eigenvalue weighted by atomic mass is 19.2. The van der Waals surface area contributed by atoms with Crippen LogP contribution in [0, 0.1) is 42.9 Å². The number of anilines is 2. The Balaban J connectivity index is 1.89. The first-order valence-electron chi connectivity index (χ1n) is 9.34. The summed E-state index contributed by atoms with van der Waals surface area (Å²) in [5.74, 6) is -10.2. The molecule has 0 aliphatic carbocycles. The van der Waals surface area contributed by atoms with Crippen LogP contribution in [0.2, 0.25) is 0 Å². The molecule has 2 amide bonds. The van der Waals surface area contributed by atoms with Gasteiger partial charge in [-0.3, -0.25) is 14.4 Å². The van der Waals surface area contributed by atoms with Gasteiger partial charge < -0.3 is 15.2 Å². The van der Waals surface area contributed by atoms with Gasteiger partial charge in [0.25, 0.3) is 17.6 Å². The van der Waals surface area contributed by atoms with E-state index in [1.165, 1.54) is 25.5 Å². The van der Waals surface area contributed by atoms with E-state index >= 15 is 0 Å². The molecule has 0 aliphatic rings. The topological polar surface area (TPSA) is 80.2 Å². The Morgan fingerprint density at radius 3 is 1.94 bits per heavy atom. The van der Waals surface area contributed by atoms with E-state index in [0.29, 0.717) is 18.2 Å². The maximum absolute atomic E-state index is 13.4. The highest BCUT2D eigenvalue weighted by Crippen LogP contribution is 2.25. The molecular weight excluding hydrogens is 449 g/mol. The smallest absolute Gasteiger partial charge is 0.298 e. The zero-order valence-corrected chi connectivity index (χ0v) is 17.4. The fourth-order valence-electron chi connectivity index (χ4n) is 3.32. The molecule has 0 radical (unpaired) electrons. The summed E-state index contributed by atoms with van der Waals surface area (Å²) >= 11 is 0. The van der Waals surface area contributed by atoms with Crippen molar-refractivity contribution in [3.05, 3.63) is 81.9 Å². The van der Waals surface area contributed by atoms with E-state index in [0.717, 1.165) is 12.1 Å². The molecule has 11 heteroatoms. The van der Waals surface area contributed by atoms with Crippen LogP contribution in [-0.2, 0) is 11.8 Å². The van der Waals surface area contributed by atoms with Crippen molar-refractivity contribution >= 4 is 29.0 Å². The number of carbonyl (C=O) groups excluding carboxylic acids is 3. The summed E-state index contributed by atoms with van der Waals surface area (Å²) < 4.78 is 67.7. The number of benzene rings is 2.